The first-order valence-corrected chi connectivity index (χ1v) is 6.49. The van der Waals surface area contributed by atoms with Crippen LogP contribution in [0.15, 0.2) is 18.2 Å². The molecule has 1 aromatic rings. The monoisotopic (exact) mass is 267 g/mol. The van der Waals surface area contributed by atoms with Gasteiger partial charge in [-0.15, -0.1) is 0 Å². The van der Waals surface area contributed by atoms with Crippen molar-refractivity contribution in [3.63, 3.8) is 0 Å². The quantitative estimate of drug-likeness (QED) is 0.796. The molecule has 0 fully saturated rings. The standard InChI is InChI=1S/C15H25NO3/c1-11(16-9-15(2,3)10-17)13-7-6-12(18-4)8-14(13)19-5/h6-8,11,16-17H,9-10H2,1-5H3. The molecule has 19 heavy (non-hydrogen) atoms. The van der Waals surface area contributed by atoms with Gasteiger partial charge in [0.05, 0.1) is 14.2 Å². The van der Waals surface area contributed by atoms with Crippen LogP contribution in [0.5, 0.6) is 11.5 Å². The van der Waals surface area contributed by atoms with Crippen molar-refractivity contribution in [1.82, 2.24) is 5.32 Å². The van der Waals surface area contributed by atoms with Crippen LogP contribution in [0.4, 0.5) is 0 Å². The van der Waals surface area contributed by atoms with E-state index in [9.17, 15) is 5.11 Å². The van der Waals surface area contributed by atoms with Crippen LogP contribution < -0.4 is 14.8 Å². The second kappa shape index (κ2) is 6.78. The zero-order chi connectivity index (χ0) is 14.5. The summed E-state index contributed by atoms with van der Waals surface area (Å²) >= 11 is 0. The molecular formula is C15H25NO3. The van der Waals surface area contributed by atoms with Gasteiger partial charge in [-0.3, -0.25) is 0 Å². The van der Waals surface area contributed by atoms with E-state index in [1.165, 1.54) is 0 Å². The molecule has 108 valence electrons. The second-order valence-electron chi connectivity index (χ2n) is 5.53. The number of benzene rings is 1. The number of hydrogen-bond donors (Lipinski definition) is 2. The summed E-state index contributed by atoms with van der Waals surface area (Å²) in [4.78, 5) is 0. The van der Waals surface area contributed by atoms with Crippen LogP contribution in [0.3, 0.4) is 0 Å². The molecule has 0 radical (unpaired) electrons. The molecule has 0 aromatic heterocycles. The SMILES string of the molecule is COc1ccc(C(C)NCC(C)(C)CO)c(OC)c1. The first kappa shape index (κ1) is 15.8. The zero-order valence-corrected chi connectivity index (χ0v) is 12.5. The second-order valence-corrected chi connectivity index (χ2v) is 5.53. The van der Waals surface area contributed by atoms with E-state index in [4.69, 9.17) is 9.47 Å². The molecule has 0 saturated heterocycles. The smallest absolute Gasteiger partial charge is 0.127 e. The van der Waals surface area contributed by atoms with Crippen LogP contribution >= 0.6 is 0 Å². The molecule has 0 heterocycles. The van der Waals surface area contributed by atoms with E-state index in [0.29, 0.717) is 0 Å². The van der Waals surface area contributed by atoms with Crippen LogP contribution in [-0.2, 0) is 0 Å². The van der Waals surface area contributed by atoms with Crippen LogP contribution in [-0.4, -0.2) is 32.5 Å². The number of nitrogens with one attached hydrogen (secondary N) is 1. The lowest BCUT2D eigenvalue weighted by Crippen LogP contribution is -2.33. The summed E-state index contributed by atoms with van der Waals surface area (Å²) in [5, 5.41) is 12.7. The maximum atomic E-state index is 9.27. The Bertz CT molecular complexity index is 404. The molecule has 0 saturated carbocycles. The maximum absolute atomic E-state index is 9.27. The molecule has 1 rings (SSSR count). The third-order valence-corrected chi connectivity index (χ3v) is 3.22. The van der Waals surface area contributed by atoms with Gasteiger partial charge in [0.1, 0.15) is 11.5 Å². The largest absolute Gasteiger partial charge is 0.497 e. The third kappa shape index (κ3) is 4.40. The molecule has 4 heteroatoms. The normalized spacial score (nSPS) is 13.2. The lowest BCUT2D eigenvalue weighted by atomic mass is 9.94. The van der Waals surface area contributed by atoms with Gasteiger partial charge in [0.25, 0.3) is 0 Å². The number of rotatable bonds is 7. The minimum absolute atomic E-state index is 0.131. The Morgan fingerprint density at radius 1 is 1.26 bits per heavy atom. The minimum atomic E-state index is -0.131. The number of ether oxygens (including phenoxy) is 2. The maximum Gasteiger partial charge on any atom is 0.127 e. The van der Waals surface area contributed by atoms with Crippen molar-refractivity contribution in [3.8, 4) is 11.5 Å². The summed E-state index contributed by atoms with van der Waals surface area (Å²) in [6.07, 6.45) is 0. The summed E-state index contributed by atoms with van der Waals surface area (Å²) in [7, 11) is 3.29. The third-order valence-electron chi connectivity index (χ3n) is 3.22. The van der Waals surface area contributed by atoms with Crippen LogP contribution in [0.2, 0.25) is 0 Å². The molecule has 0 aliphatic heterocycles. The minimum Gasteiger partial charge on any atom is -0.497 e. The molecular weight excluding hydrogens is 242 g/mol. The molecule has 0 amide bonds. The highest BCUT2D eigenvalue weighted by Crippen LogP contribution is 2.29. The van der Waals surface area contributed by atoms with Crippen LogP contribution in [0, 0.1) is 5.41 Å². The Hall–Kier alpha value is -1.26. The Balaban J connectivity index is 2.79. The van der Waals surface area contributed by atoms with E-state index < -0.39 is 0 Å². The molecule has 0 bridgehead atoms. The highest BCUT2D eigenvalue weighted by molar-refractivity contribution is 5.42. The summed E-state index contributed by atoms with van der Waals surface area (Å²) in [6.45, 7) is 7.03. The summed E-state index contributed by atoms with van der Waals surface area (Å²) in [5.41, 5.74) is 0.950. The summed E-state index contributed by atoms with van der Waals surface area (Å²) < 4.78 is 10.6. The summed E-state index contributed by atoms with van der Waals surface area (Å²) in [5.74, 6) is 1.59. The Morgan fingerprint density at radius 3 is 2.47 bits per heavy atom. The first-order valence-electron chi connectivity index (χ1n) is 6.49. The van der Waals surface area contributed by atoms with Gasteiger partial charge in [-0.1, -0.05) is 19.9 Å². The van der Waals surface area contributed by atoms with Gasteiger partial charge in [-0.25, -0.2) is 0 Å². The number of methoxy groups -OCH3 is 2. The predicted molar refractivity (Wildman–Crippen MR) is 76.8 cm³/mol. The molecule has 2 N–H and O–H groups in total. The van der Waals surface area contributed by atoms with Crippen LogP contribution in [0.25, 0.3) is 0 Å². The van der Waals surface area contributed by atoms with Gasteiger partial charge in [-0.05, 0) is 13.0 Å². The van der Waals surface area contributed by atoms with Crippen molar-refractivity contribution >= 4 is 0 Å². The van der Waals surface area contributed by atoms with Gasteiger partial charge in [-0.2, -0.15) is 0 Å². The van der Waals surface area contributed by atoms with E-state index >= 15 is 0 Å². The van der Waals surface area contributed by atoms with Gasteiger partial charge in [0.15, 0.2) is 0 Å². The average Bonchev–Trinajstić information content (AvgIpc) is 2.44. The van der Waals surface area contributed by atoms with Crippen molar-refractivity contribution in [3.05, 3.63) is 23.8 Å². The van der Waals surface area contributed by atoms with Crippen LogP contribution in [0.1, 0.15) is 32.4 Å². The number of aliphatic hydroxyl groups excluding tert-OH is 1. The number of aliphatic hydroxyl groups is 1. The average molecular weight is 267 g/mol. The van der Waals surface area contributed by atoms with Gasteiger partial charge >= 0.3 is 0 Å². The van der Waals surface area contributed by atoms with E-state index in [-0.39, 0.29) is 18.1 Å². The first-order chi connectivity index (χ1) is 8.93. The lowest BCUT2D eigenvalue weighted by molar-refractivity contribution is 0.153. The highest BCUT2D eigenvalue weighted by Gasteiger charge is 2.19. The topological polar surface area (TPSA) is 50.7 Å². The molecule has 4 nitrogen and oxygen atoms in total. The van der Waals surface area contributed by atoms with Crippen molar-refractivity contribution in [1.29, 1.82) is 0 Å². The van der Waals surface area contributed by atoms with Crippen molar-refractivity contribution < 1.29 is 14.6 Å². The Labute approximate surface area is 115 Å². The molecule has 1 aromatic carbocycles. The van der Waals surface area contributed by atoms with Gasteiger partial charge < -0.3 is 19.9 Å². The fraction of sp³-hybridized carbons (Fsp3) is 0.600. The molecule has 1 atom stereocenters. The van der Waals surface area contributed by atoms with E-state index in [0.717, 1.165) is 23.6 Å². The van der Waals surface area contributed by atoms with Gasteiger partial charge in [0, 0.05) is 36.2 Å². The molecule has 1 unspecified atom stereocenters. The fourth-order valence-electron chi connectivity index (χ4n) is 1.77. The fourth-order valence-corrected chi connectivity index (χ4v) is 1.77. The Morgan fingerprint density at radius 2 is 1.95 bits per heavy atom. The molecule has 0 aliphatic carbocycles. The van der Waals surface area contributed by atoms with E-state index in [1.54, 1.807) is 14.2 Å². The van der Waals surface area contributed by atoms with Gasteiger partial charge in [0.2, 0.25) is 0 Å². The van der Waals surface area contributed by atoms with Crippen molar-refractivity contribution in [2.24, 2.45) is 5.41 Å². The highest BCUT2D eigenvalue weighted by atomic mass is 16.5. The van der Waals surface area contributed by atoms with E-state index in [1.807, 2.05) is 32.0 Å². The summed E-state index contributed by atoms with van der Waals surface area (Å²) in [6, 6.07) is 5.95. The van der Waals surface area contributed by atoms with E-state index in [2.05, 4.69) is 12.2 Å². The van der Waals surface area contributed by atoms with Crippen molar-refractivity contribution in [2.45, 2.75) is 26.8 Å². The Kier molecular flexibility index (Phi) is 5.63. The molecule has 0 aliphatic rings. The van der Waals surface area contributed by atoms with Crippen molar-refractivity contribution in [2.75, 3.05) is 27.4 Å². The number of hydrogen-bond acceptors (Lipinski definition) is 4. The molecule has 0 spiro atoms. The lowest BCUT2D eigenvalue weighted by Gasteiger charge is -2.26. The zero-order valence-electron chi connectivity index (χ0n) is 12.5. The predicted octanol–water partition coefficient (Wildman–Crippen LogP) is 2.37.